The molecule has 2 aromatic heterocycles. The van der Waals surface area contributed by atoms with Crippen molar-refractivity contribution in [3.63, 3.8) is 0 Å². The molecule has 0 spiro atoms. The number of carbonyl (C=O) groups is 1. The van der Waals surface area contributed by atoms with Crippen molar-refractivity contribution in [3.8, 4) is 5.95 Å². The molecule has 0 saturated carbocycles. The summed E-state index contributed by atoms with van der Waals surface area (Å²) in [5.74, 6) is 0.237. The van der Waals surface area contributed by atoms with E-state index in [1.54, 1.807) is 18.7 Å². The Bertz CT molecular complexity index is 1010. The van der Waals surface area contributed by atoms with E-state index in [4.69, 9.17) is 0 Å². The van der Waals surface area contributed by atoms with Crippen molar-refractivity contribution in [3.05, 3.63) is 75.0 Å². The molecule has 7 nitrogen and oxygen atoms in total. The van der Waals surface area contributed by atoms with Gasteiger partial charge in [-0.05, 0) is 25.0 Å². The van der Waals surface area contributed by atoms with E-state index >= 15 is 0 Å². The summed E-state index contributed by atoms with van der Waals surface area (Å²) in [5.41, 5.74) is 3.85. The minimum atomic E-state index is -0.250. The Morgan fingerprint density at radius 3 is 2.48 bits per heavy atom. The summed E-state index contributed by atoms with van der Waals surface area (Å²) in [6, 6.07) is 9.46. The number of aryl methyl sites for hydroxylation is 1. The van der Waals surface area contributed by atoms with Gasteiger partial charge >= 0.3 is 0 Å². The van der Waals surface area contributed by atoms with Crippen LogP contribution in [0.25, 0.3) is 5.95 Å². The summed E-state index contributed by atoms with van der Waals surface area (Å²) in [6.07, 6.45) is 1.53. The van der Waals surface area contributed by atoms with Crippen LogP contribution < -0.4 is 5.56 Å². The first-order valence-corrected chi connectivity index (χ1v) is 8.02. The van der Waals surface area contributed by atoms with Gasteiger partial charge in [-0.15, -0.1) is 0 Å². The predicted octanol–water partition coefficient (Wildman–Crippen LogP) is 1.73. The molecule has 1 amide bonds. The normalized spacial score (nSPS) is 13.1. The van der Waals surface area contributed by atoms with Crippen LogP contribution in [0.5, 0.6) is 0 Å². The van der Waals surface area contributed by atoms with Crippen LogP contribution in [-0.2, 0) is 13.1 Å². The zero-order valence-corrected chi connectivity index (χ0v) is 14.0. The van der Waals surface area contributed by atoms with Gasteiger partial charge in [-0.25, -0.2) is 9.67 Å². The SMILES string of the molecule is Cc1cc(=O)[nH]c(-n2ncc(C(=O)N3Cc4ccccc4C3)c2C)n1. The van der Waals surface area contributed by atoms with Gasteiger partial charge in [0.15, 0.2) is 0 Å². The van der Waals surface area contributed by atoms with Crippen molar-refractivity contribution >= 4 is 5.91 Å². The second kappa shape index (κ2) is 5.70. The number of aromatic nitrogens is 4. The lowest BCUT2D eigenvalue weighted by molar-refractivity contribution is 0.0750. The highest BCUT2D eigenvalue weighted by Crippen LogP contribution is 2.25. The van der Waals surface area contributed by atoms with Gasteiger partial charge in [0.05, 0.1) is 17.5 Å². The average Bonchev–Trinajstić information content (AvgIpc) is 3.16. The number of rotatable bonds is 2. The zero-order chi connectivity index (χ0) is 17.6. The van der Waals surface area contributed by atoms with Gasteiger partial charge in [0.1, 0.15) is 0 Å². The maximum Gasteiger partial charge on any atom is 0.257 e. The Balaban J connectivity index is 1.66. The topological polar surface area (TPSA) is 83.9 Å². The lowest BCUT2D eigenvalue weighted by Crippen LogP contribution is -2.25. The van der Waals surface area contributed by atoms with Crippen molar-refractivity contribution in [1.82, 2.24) is 24.6 Å². The van der Waals surface area contributed by atoms with E-state index in [0.717, 1.165) is 0 Å². The minimum Gasteiger partial charge on any atom is -0.330 e. The first kappa shape index (κ1) is 15.3. The monoisotopic (exact) mass is 335 g/mol. The van der Waals surface area contributed by atoms with Crippen LogP contribution in [0, 0.1) is 13.8 Å². The molecule has 1 aliphatic rings. The van der Waals surface area contributed by atoms with Crippen molar-refractivity contribution in [2.45, 2.75) is 26.9 Å². The predicted molar refractivity (Wildman–Crippen MR) is 91.5 cm³/mol. The summed E-state index contributed by atoms with van der Waals surface area (Å²) in [7, 11) is 0. The largest absolute Gasteiger partial charge is 0.330 e. The van der Waals surface area contributed by atoms with E-state index in [0.29, 0.717) is 36.0 Å². The smallest absolute Gasteiger partial charge is 0.257 e. The molecule has 7 heteroatoms. The number of amides is 1. The molecular weight excluding hydrogens is 318 g/mol. The van der Waals surface area contributed by atoms with Crippen molar-refractivity contribution in [2.75, 3.05) is 0 Å². The van der Waals surface area contributed by atoms with Crippen LogP contribution in [0.15, 0.2) is 41.3 Å². The van der Waals surface area contributed by atoms with E-state index in [1.165, 1.54) is 28.1 Å². The van der Waals surface area contributed by atoms with Crippen LogP contribution >= 0.6 is 0 Å². The molecule has 0 unspecified atom stereocenters. The number of H-pyrrole nitrogens is 1. The standard InChI is InChI=1S/C18H17N5O2/c1-11-7-16(24)21-18(20-11)23-12(2)15(8-19-23)17(25)22-9-13-5-3-4-6-14(13)10-22/h3-8H,9-10H2,1-2H3,(H,20,21,24). The quantitative estimate of drug-likeness (QED) is 0.773. The van der Waals surface area contributed by atoms with Gasteiger partial charge in [0.2, 0.25) is 5.95 Å². The fourth-order valence-corrected chi connectivity index (χ4v) is 3.14. The molecule has 126 valence electrons. The second-order valence-electron chi connectivity index (χ2n) is 6.20. The van der Waals surface area contributed by atoms with Gasteiger partial charge in [-0.3, -0.25) is 14.6 Å². The molecule has 3 aromatic rings. The molecule has 0 fully saturated rings. The summed E-state index contributed by atoms with van der Waals surface area (Å²) >= 11 is 0. The summed E-state index contributed by atoms with van der Waals surface area (Å²) in [5, 5.41) is 4.25. The van der Waals surface area contributed by atoms with Crippen LogP contribution in [0.3, 0.4) is 0 Å². The summed E-state index contributed by atoms with van der Waals surface area (Å²) in [6.45, 7) is 4.73. The first-order chi connectivity index (χ1) is 12.0. The fraction of sp³-hybridized carbons (Fsp3) is 0.222. The molecule has 4 rings (SSSR count). The molecule has 0 radical (unpaired) electrons. The number of nitrogens with one attached hydrogen (secondary N) is 1. The minimum absolute atomic E-state index is 0.0741. The number of nitrogens with zero attached hydrogens (tertiary/aromatic N) is 4. The third-order valence-electron chi connectivity index (χ3n) is 4.43. The third-order valence-corrected chi connectivity index (χ3v) is 4.43. The molecule has 1 aliphatic heterocycles. The van der Waals surface area contributed by atoms with Gasteiger partial charge in [0, 0.05) is 24.8 Å². The maximum atomic E-state index is 12.9. The van der Waals surface area contributed by atoms with E-state index in [2.05, 4.69) is 15.1 Å². The zero-order valence-electron chi connectivity index (χ0n) is 14.0. The van der Waals surface area contributed by atoms with Gasteiger partial charge < -0.3 is 4.90 Å². The Kier molecular flexibility index (Phi) is 3.49. The van der Waals surface area contributed by atoms with E-state index < -0.39 is 0 Å². The Morgan fingerprint density at radius 2 is 1.84 bits per heavy atom. The van der Waals surface area contributed by atoms with Crippen molar-refractivity contribution in [2.24, 2.45) is 0 Å². The first-order valence-electron chi connectivity index (χ1n) is 8.02. The number of carbonyl (C=O) groups excluding carboxylic acids is 1. The highest BCUT2D eigenvalue weighted by Gasteiger charge is 2.26. The van der Waals surface area contributed by atoms with Crippen LogP contribution in [0.1, 0.15) is 32.9 Å². The van der Waals surface area contributed by atoms with Gasteiger partial charge in [-0.1, -0.05) is 24.3 Å². The molecule has 1 aromatic carbocycles. The number of aromatic amines is 1. The highest BCUT2D eigenvalue weighted by molar-refractivity contribution is 5.95. The van der Waals surface area contributed by atoms with E-state index in [9.17, 15) is 9.59 Å². The van der Waals surface area contributed by atoms with Crippen molar-refractivity contribution < 1.29 is 4.79 Å². The van der Waals surface area contributed by atoms with E-state index in [-0.39, 0.29) is 11.5 Å². The Morgan fingerprint density at radius 1 is 1.16 bits per heavy atom. The van der Waals surface area contributed by atoms with Crippen LogP contribution in [0.2, 0.25) is 0 Å². The van der Waals surface area contributed by atoms with Crippen molar-refractivity contribution in [1.29, 1.82) is 0 Å². The molecule has 1 N–H and O–H groups in total. The molecular formula is C18H17N5O2. The number of benzene rings is 1. The average molecular weight is 335 g/mol. The Hall–Kier alpha value is -3.22. The van der Waals surface area contributed by atoms with Crippen LogP contribution in [0.4, 0.5) is 0 Å². The lowest BCUT2D eigenvalue weighted by atomic mass is 10.1. The summed E-state index contributed by atoms with van der Waals surface area (Å²) < 4.78 is 1.49. The van der Waals surface area contributed by atoms with E-state index in [1.807, 2.05) is 24.3 Å². The molecule has 0 atom stereocenters. The highest BCUT2D eigenvalue weighted by atomic mass is 16.2. The molecule has 0 bridgehead atoms. The van der Waals surface area contributed by atoms with Gasteiger partial charge in [-0.2, -0.15) is 5.10 Å². The number of fused-ring (bicyclic) bond motifs is 1. The fourth-order valence-electron chi connectivity index (χ4n) is 3.14. The molecule has 0 saturated heterocycles. The van der Waals surface area contributed by atoms with Gasteiger partial charge in [0.25, 0.3) is 11.5 Å². The summed E-state index contributed by atoms with van der Waals surface area (Å²) in [4.78, 5) is 33.3. The Labute approximate surface area is 143 Å². The second-order valence-corrected chi connectivity index (χ2v) is 6.20. The number of hydrogen-bond acceptors (Lipinski definition) is 4. The molecule has 0 aliphatic carbocycles. The van der Waals surface area contributed by atoms with Crippen LogP contribution in [-0.4, -0.2) is 30.6 Å². The lowest BCUT2D eigenvalue weighted by Gasteiger charge is -2.15. The maximum absolute atomic E-state index is 12.9. The third kappa shape index (κ3) is 2.63. The number of hydrogen-bond donors (Lipinski definition) is 1. The molecule has 25 heavy (non-hydrogen) atoms. The molecule has 3 heterocycles.